The first kappa shape index (κ1) is 21.2. The fourth-order valence-corrected chi connectivity index (χ4v) is 3.56. The summed E-state index contributed by atoms with van der Waals surface area (Å²) in [7, 11) is 0. The predicted octanol–water partition coefficient (Wildman–Crippen LogP) is 2.61. The summed E-state index contributed by atoms with van der Waals surface area (Å²) < 4.78 is 0. The highest BCUT2D eigenvalue weighted by Crippen LogP contribution is 2.19. The molecule has 2 unspecified atom stereocenters. The molecule has 2 fully saturated rings. The minimum absolute atomic E-state index is 0. The summed E-state index contributed by atoms with van der Waals surface area (Å²) in [6.07, 6.45) is 4.71. The highest BCUT2D eigenvalue weighted by molar-refractivity contribution is 5.85. The zero-order valence-electron chi connectivity index (χ0n) is 14.1. The van der Waals surface area contributed by atoms with E-state index in [2.05, 4.69) is 45.9 Å². The van der Waals surface area contributed by atoms with E-state index in [4.69, 9.17) is 0 Å². The van der Waals surface area contributed by atoms with Crippen LogP contribution in [0.2, 0.25) is 0 Å². The Morgan fingerprint density at radius 1 is 1.17 bits per heavy atom. The smallest absolute Gasteiger partial charge is 0.224 e. The molecule has 2 heterocycles. The van der Waals surface area contributed by atoms with Crippen LogP contribution in [-0.4, -0.2) is 43.0 Å². The van der Waals surface area contributed by atoms with Gasteiger partial charge in [-0.1, -0.05) is 36.8 Å². The number of halogens is 2. The lowest BCUT2D eigenvalue weighted by Crippen LogP contribution is -2.47. The summed E-state index contributed by atoms with van der Waals surface area (Å²) in [6.45, 7) is 4.74. The first-order valence-electron chi connectivity index (χ1n) is 8.59. The number of hydrogen-bond donors (Lipinski definition) is 2. The van der Waals surface area contributed by atoms with Crippen molar-refractivity contribution in [3.05, 3.63) is 35.9 Å². The van der Waals surface area contributed by atoms with Crippen molar-refractivity contribution in [2.45, 2.75) is 38.3 Å². The van der Waals surface area contributed by atoms with Gasteiger partial charge in [0.1, 0.15) is 0 Å². The van der Waals surface area contributed by atoms with Gasteiger partial charge in [-0.05, 0) is 37.9 Å². The topological polar surface area (TPSA) is 44.4 Å². The molecule has 3 rings (SSSR count). The zero-order valence-corrected chi connectivity index (χ0v) is 15.7. The predicted molar refractivity (Wildman–Crippen MR) is 103 cm³/mol. The monoisotopic (exact) mass is 373 g/mol. The van der Waals surface area contributed by atoms with Crippen LogP contribution in [0.15, 0.2) is 30.3 Å². The number of piperidine rings is 1. The van der Waals surface area contributed by atoms with Crippen molar-refractivity contribution in [1.82, 2.24) is 15.5 Å². The molecule has 0 aromatic heterocycles. The molecule has 2 aliphatic heterocycles. The van der Waals surface area contributed by atoms with Crippen LogP contribution in [-0.2, 0) is 11.3 Å². The molecule has 1 aromatic carbocycles. The van der Waals surface area contributed by atoms with Gasteiger partial charge in [0.25, 0.3) is 0 Å². The van der Waals surface area contributed by atoms with Crippen LogP contribution in [0.25, 0.3) is 0 Å². The van der Waals surface area contributed by atoms with Crippen LogP contribution in [0.3, 0.4) is 0 Å². The molecule has 24 heavy (non-hydrogen) atoms. The van der Waals surface area contributed by atoms with Gasteiger partial charge in [-0.3, -0.25) is 9.69 Å². The number of likely N-dealkylation sites (tertiary alicyclic amines) is 1. The molecule has 136 valence electrons. The highest BCUT2D eigenvalue weighted by atomic mass is 35.5. The van der Waals surface area contributed by atoms with Crippen LogP contribution in [0.1, 0.15) is 31.2 Å². The number of amides is 1. The van der Waals surface area contributed by atoms with Crippen molar-refractivity contribution in [2.24, 2.45) is 5.92 Å². The second-order valence-corrected chi connectivity index (χ2v) is 6.54. The molecule has 1 aromatic rings. The largest absolute Gasteiger partial charge is 0.354 e. The maximum atomic E-state index is 12.2. The van der Waals surface area contributed by atoms with Crippen molar-refractivity contribution in [3.8, 4) is 0 Å². The van der Waals surface area contributed by atoms with Crippen molar-refractivity contribution in [1.29, 1.82) is 0 Å². The van der Waals surface area contributed by atoms with E-state index in [1.54, 1.807) is 0 Å². The van der Waals surface area contributed by atoms with Crippen LogP contribution >= 0.6 is 24.8 Å². The first-order valence-corrected chi connectivity index (χ1v) is 8.59. The van der Waals surface area contributed by atoms with Gasteiger partial charge < -0.3 is 10.6 Å². The molecule has 0 spiro atoms. The van der Waals surface area contributed by atoms with E-state index in [0.29, 0.717) is 6.04 Å². The fourth-order valence-electron chi connectivity index (χ4n) is 3.56. The molecule has 2 saturated heterocycles. The minimum Gasteiger partial charge on any atom is -0.354 e. The molecule has 0 bridgehead atoms. The van der Waals surface area contributed by atoms with Crippen LogP contribution in [0.4, 0.5) is 0 Å². The Morgan fingerprint density at radius 2 is 1.96 bits per heavy atom. The van der Waals surface area contributed by atoms with Gasteiger partial charge in [0, 0.05) is 25.7 Å². The van der Waals surface area contributed by atoms with E-state index in [9.17, 15) is 4.79 Å². The SMILES string of the molecule is Cl.Cl.O=C(NCC1CCCCN1Cc1ccccc1)C1CCNC1. The van der Waals surface area contributed by atoms with Gasteiger partial charge in [0.05, 0.1) is 5.92 Å². The molecule has 2 atom stereocenters. The molecule has 2 aliphatic rings. The van der Waals surface area contributed by atoms with E-state index < -0.39 is 0 Å². The van der Waals surface area contributed by atoms with E-state index >= 15 is 0 Å². The third kappa shape index (κ3) is 5.92. The Labute approximate surface area is 157 Å². The lowest BCUT2D eigenvalue weighted by Gasteiger charge is -2.36. The van der Waals surface area contributed by atoms with E-state index in [1.807, 2.05) is 0 Å². The summed E-state index contributed by atoms with van der Waals surface area (Å²) in [5.41, 5.74) is 1.36. The standard InChI is InChI=1S/C18H27N3O.2ClH/c22-18(16-9-10-19-12-16)20-13-17-8-4-5-11-21(17)14-15-6-2-1-3-7-15;;/h1-3,6-7,16-17,19H,4-5,8-14H2,(H,20,22);2*1H. The van der Waals surface area contributed by atoms with Crippen molar-refractivity contribution < 1.29 is 4.79 Å². The molecule has 0 radical (unpaired) electrons. The number of benzene rings is 1. The molecule has 4 nitrogen and oxygen atoms in total. The van der Waals surface area contributed by atoms with E-state index in [-0.39, 0.29) is 36.6 Å². The number of rotatable bonds is 5. The summed E-state index contributed by atoms with van der Waals surface area (Å²) in [5.74, 6) is 0.404. The second kappa shape index (κ2) is 10.9. The summed E-state index contributed by atoms with van der Waals surface area (Å²) in [5, 5.41) is 6.45. The molecule has 6 heteroatoms. The summed E-state index contributed by atoms with van der Waals surface area (Å²) in [4.78, 5) is 14.7. The van der Waals surface area contributed by atoms with Crippen molar-refractivity contribution >= 4 is 30.7 Å². The van der Waals surface area contributed by atoms with Gasteiger partial charge >= 0.3 is 0 Å². The van der Waals surface area contributed by atoms with Crippen LogP contribution in [0.5, 0.6) is 0 Å². The number of nitrogens with zero attached hydrogens (tertiary/aromatic N) is 1. The highest BCUT2D eigenvalue weighted by Gasteiger charge is 2.26. The van der Waals surface area contributed by atoms with Gasteiger partial charge in [-0.2, -0.15) is 0 Å². The maximum Gasteiger partial charge on any atom is 0.224 e. The number of hydrogen-bond acceptors (Lipinski definition) is 3. The average molecular weight is 374 g/mol. The molecule has 0 saturated carbocycles. The van der Waals surface area contributed by atoms with Crippen LogP contribution < -0.4 is 10.6 Å². The third-order valence-electron chi connectivity index (χ3n) is 4.92. The van der Waals surface area contributed by atoms with Crippen LogP contribution in [0, 0.1) is 5.92 Å². The average Bonchev–Trinajstić information content (AvgIpc) is 3.09. The fraction of sp³-hybridized carbons (Fsp3) is 0.611. The Morgan fingerprint density at radius 3 is 2.67 bits per heavy atom. The van der Waals surface area contributed by atoms with Gasteiger partial charge in [0.2, 0.25) is 5.91 Å². The summed E-state index contributed by atoms with van der Waals surface area (Å²) >= 11 is 0. The van der Waals surface area contributed by atoms with Crippen molar-refractivity contribution in [2.75, 3.05) is 26.2 Å². The Kier molecular flexibility index (Phi) is 9.67. The first-order chi connectivity index (χ1) is 10.8. The number of nitrogens with one attached hydrogen (secondary N) is 2. The van der Waals surface area contributed by atoms with Gasteiger partial charge in [-0.25, -0.2) is 0 Å². The lowest BCUT2D eigenvalue weighted by molar-refractivity contribution is -0.124. The number of carbonyl (C=O) groups excluding carboxylic acids is 1. The molecular formula is C18H29Cl2N3O. The molecule has 2 N–H and O–H groups in total. The Hall–Kier alpha value is -0.810. The van der Waals surface area contributed by atoms with E-state index in [1.165, 1.54) is 24.8 Å². The normalized spacial score (nSPS) is 23.8. The number of carbonyl (C=O) groups is 1. The summed E-state index contributed by atoms with van der Waals surface area (Å²) in [6, 6.07) is 11.1. The van der Waals surface area contributed by atoms with E-state index in [0.717, 1.165) is 39.1 Å². The minimum atomic E-state index is 0. The maximum absolute atomic E-state index is 12.2. The lowest BCUT2D eigenvalue weighted by atomic mass is 10.0. The second-order valence-electron chi connectivity index (χ2n) is 6.54. The van der Waals surface area contributed by atoms with Gasteiger partial charge in [0.15, 0.2) is 0 Å². The Balaban J connectivity index is 0.00000144. The molecule has 1 amide bonds. The quantitative estimate of drug-likeness (QED) is 0.833. The van der Waals surface area contributed by atoms with Crippen molar-refractivity contribution in [3.63, 3.8) is 0 Å². The molecular weight excluding hydrogens is 345 g/mol. The third-order valence-corrected chi connectivity index (χ3v) is 4.92. The zero-order chi connectivity index (χ0) is 15.2. The van der Waals surface area contributed by atoms with Gasteiger partial charge in [-0.15, -0.1) is 24.8 Å². The molecule has 0 aliphatic carbocycles. The Bertz CT molecular complexity index is 480.